The molecule has 5 nitrogen and oxygen atoms in total. The maximum Gasteiger partial charge on any atom is 0.267 e. The van der Waals surface area contributed by atoms with Crippen LogP contribution in [0.4, 0.5) is 0 Å². The minimum absolute atomic E-state index is 0.134. The molecule has 1 aromatic carbocycles. The number of benzene rings is 1. The number of hydrogen-bond acceptors (Lipinski definition) is 3. The van der Waals surface area contributed by atoms with E-state index in [1.807, 2.05) is 0 Å². The van der Waals surface area contributed by atoms with Crippen molar-refractivity contribution in [3.05, 3.63) is 61.5 Å². The summed E-state index contributed by atoms with van der Waals surface area (Å²) in [5, 5.41) is 7.94. The van der Waals surface area contributed by atoms with E-state index in [9.17, 15) is 9.59 Å². The topological polar surface area (TPSA) is 64.0 Å². The lowest BCUT2D eigenvalue weighted by Crippen LogP contribution is -2.33. The predicted molar refractivity (Wildman–Crippen MR) is 93.9 cm³/mol. The fourth-order valence-corrected chi connectivity index (χ4v) is 3.18. The largest absolute Gasteiger partial charge is 0.350 e. The van der Waals surface area contributed by atoms with Crippen LogP contribution >= 0.6 is 23.2 Å². The van der Waals surface area contributed by atoms with Crippen molar-refractivity contribution in [3.8, 4) is 0 Å². The second kappa shape index (κ2) is 7.36. The molecule has 2 aromatic rings. The van der Waals surface area contributed by atoms with Gasteiger partial charge < -0.3 is 5.32 Å². The van der Waals surface area contributed by atoms with Crippen LogP contribution in [0.2, 0.25) is 10.0 Å². The summed E-state index contributed by atoms with van der Waals surface area (Å²) in [4.78, 5) is 24.2. The molecule has 1 aromatic heterocycles. The SMILES string of the molecule is O=C(NCCn1nc2c(cc1=O)CCCC2)c1cc(Cl)ccc1Cl. The quantitative estimate of drug-likeness (QED) is 0.905. The molecule has 3 rings (SSSR count). The Kier molecular flexibility index (Phi) is 5.21. The van der Waals surface area contributed by atoms with Crippen LogP contribution in [0, 0.1) is 0 Å². The van der Waals surface area contributed by atoms with E-state index in [1.165, 1.54) is 10.7 Å². The highest BCUT2D eigenvalue weighted by atomic mass is 35.5. The van der Waals surface area contributed by atoms with Crippen molar-refractivity contribution in [3.63, 3.8) is 0 Å². The third kappa shape index (κ3) is 3.79. The Hall–Kier alpha value is -1.85. The monoisotopic (exact) mass is 365 g/mol. The number of halogens is 2. The van der Waals surface area contributed by atoms with Gasteiger partial charge in [-0.3, -0.25) is 9.59 Å². The third-order valence-electron chi connectivity index (χ3n) is 4.06. The van der Waals surface area contributed by atoms with Crippen LogP contribution in [0.25, 0.3) is 0 Å². The fraction of sp³-hybridized carbons (Fsp3) is 0.353. The Bertz CT molecular complexity index is 833. The predicted octanol–water partition coefficient (Wildman–Crippen LogP) is 2.86. The van der Waals surface area contributed by atoms with Crippen LogP contribution in [-0.4, -0.2) is 22.2 Å². The molecule has 0 radical (unpaired) electrons. The number of hydrogen-bond donors (Lipinski definition) is 1. The van der Waals surface area contributed by atoms with E-state index < -0.39 is 0 Å². The van der Waals surface area contributed by atoms with Gasteiger partial charge in [-0.1, -0.05) is 23.2 Å². The van der Waals surface area contributed by atoms with Gasteiger partial charge in [0.05, 0.1) is 22.8 Å². The van der Waals surface area contributed by atoms with E-state index in [2.05, 4.69) is 10.4 Å². The highest BCUT2D eigenvalue weighted by molar-refractivity contribution is 6.35. The summed E-state index contributed by atoms with van der Waals surface area (Å²) in [6, 6.07) is 6.38. The zero-order chi connectivity index (χ0) is 17.1. The first-order valence-corrected chi connectivity index (χ1v) is 8.63. The normalized spacial score (nSPS) is 13.4. The lowest BCUT2D eigenvalue weighted by molar-refractivity contribution is 0.0952. The number of nitrogens with zero attached hydrogens (tertiary/aromatic N) is 2. The minimum Gasteiger partial charge on any atom is -0.350 e. The molecule has 1 amide bonds. The Morgan fingerprint density at radius 2 is 2.00 bits per heavy atom. The maximum absolute atomic E-state index is 12.2. The third-order valence-corrected chi connectivity index (χ3v) is 4.62. The molecular formula is C17H17Cl2N3O2. The van der Waals surface area contributed by atoms with Gasteiger partial charge >= 0.3 is 0 Å². The molecule has 24 heavy (non-hydrogen) atoms. The van der Waals surface area contributed by atoms with Crippen LogP contribution in [0.5, 0.6) is 0 Å². The Labute approximate surface area is 149 Å². The van der Waals surface area contributed by atoms with E-state index in [0.29, 0.717) is 22.2 Å². The summed E-state index contributed by atoms with van der Waals surface area (Å²) >= 11 is 11.9. The molecule has 0 saturated carbocycles. The highest BCUT2D eigenvalue weighted by Crippen LogP contribution is 2.20. The molecule has 0 saturated heterocycles. The molecule has 0 spiro atoms. The Morgan fingerprint density at radius 1 is 1.21 bits per heavy atom. The van der Waals surface area contributed by atoms with Gasteiger partial charge in [-0.2, -0.15) is 5.10 Å². The van der Waals surface area contributed by atoms with E-state index in [-0.39, 0.29) is 18.0 Å². The maximum atomic E-state index is 12.2. The number of fused-ring (bicyclic) bond motifs is 1. The number of carbonyl (C=O) groups is 1. The van der Waals surface area contributed by atoms with Crippen molar-refractivity contribution in [1.82, 2.24) is 15.1 Å². The van der Waals surface area contributed by atoms with Gasteiger partial charge in [0.25, 0.3) is 11.5 Å². The fourth-order valence-electron chi connectivity index (χ4n) is 2.80. The van der Waals surface area contributed by atoms with Crippen molar-refractivity contribution in [2.24, 2.45) is 0 Å². The van der Waals surface area contributed by atoms with E-state index in [4.69, 9.17) is 23.2 Å². The molecule has 1 N–H and O–H groups in total. The summed E-state index contributed by atoms with van der Waals surface area (Å²) < 4.78 is 1.41. The molecule has 0 atom stereocenters. The van der Waals surface area contributed by atoms with Crippen LogP contribution in [0.15, 0.2) is 29.1 Å². The molecule has 7 heteroatoms. The van der Waals surface area contributed by atoms with Crippen LogP contribution in [0.1, 0.15) is 34.5 Å². The van der Waals surface area contributed by atoms with Gasteiger partial charge in [-0.25, -0.2) is 4.68 Å². The summed E-state index contributed by atoms with van der Waals surface area (Å²) in [6.45, 7) is 0.601. The summed E-state index contributed by atoms with van der Waals surface area (Å²) in [7, 11) is 0. The van der Waals surface area contributed by atoms with Crippen molar-refractivity contribution in [1.29, 1.82) is 0 Å². The molecule has 0 aliphatic heterocycles. The van der Waals surface area contributed by atoms with Gasteiger partial charge in [0, 0.05) is 17.6 Å². The lowest BCUT2D eigenvalue weighted by atomic mass is 9.97. The first kappa shape index (κ1) is 17.0. The van der Waals surface area contributed by atoms with Gasteiger partial charge in [0.1, 0.15) is 0 Å². The average molecular weight is 366 g/mol. The summed E-state index contributed by atoms with van der Waals surface area (Å²) in [5.41, 5.74) is 2.22. The molecular weight excluding hydrogens is 349 g/mol. The first-order chi connectivity index (χ1) is 11.5. The zero-order valence-electron chi connectivity index (χ0n) is 13.0. The van der Waals surface area contributed by atoms with Crippen LogP contribution < -0.4 is 10.9 Å². The van der Waals surface area contributed by atoms with E-state index >= 15 is 0 Å². The lowest BCUT2D eigenvalue weighted by Gasteiger charge is -2.16. The van der Waals surface area contributed by atoms with Crippen LogP contribution in [0.3, 0.4) is 0 Å². The van der Waals surface area contributed by atoms with Gasteiger partial charge in [-0.15, -0.1) is 0 Å². The van der Waals surface area contributed by atoms with E-state index in [1.54, 1.807) is 18.2 Å². The Balaban J connectivity index is 1.65. The van der Waals surface area contributed by atoms with Crippen molar-refractivity contribution >= 4 is 29.1 Å². The number of aryl methyl sites for hydroxylation is 2. The highest BCUT2D eigenvalue weighted by Gasteiger charge is 2.14. The zero-order valence-corrected chi connectivity index (χ0v) is 14.5. The second-order valence-electron chi connectivity index (χ2n) is 5.76. The number of aromatic nitrogens is 2. The molecule has 0 bridgehead atoms. The molecule has 0 fully saturated rings. The number of amides is 1. The first-order valence-electron chi connectivity index (χ1n) is 7.88. The smallest absolute Gasteiger partial charge is 0.267 e. The van der Waals surface area contributed by atoms with Crippen molar-refractivity contribution < 1.29 is 4.79 Å². The summed E-state index contributed by atoms with van der Waals surface area (Å²) in [5.74, 6) is -0.325. The second-order valence-corrected chi connectivity index (χ2v) is 6.61. The molecule has 0 unspecified atom stereocenters. The van der Waals surface area contributed by atoms with Gasteiger partial charge in [-0.05, 0) is 49.4 Å². The molecule has 126 valence electrons. The Morgan fingerprint density at radius 3 is 2.83 bits per heavy atom. The number of nitrogens with one attached hydrogen (secondary N) is 1. The average Bonchev–Trinajstić information content (AvgIpc) is 2.57. The van der Waals surface area contributed by atoms with Crippen molar-refractivity contribution in [2.45, 2.75) is 32.2 Å². The number of carbonyl (C=O) groups excluding carboxylic acids is 1. The van der Waals surface area contributed by atoms with Gasteiger partial charge in [0.2, 0.25) is 0 Å². The molecule has 1 aliphatic rings. The van der Waals surface area contributed by atoms with Crippen LogP contribution in [-0.2, 0) is 19.4 Å². The minimum atomic E-state index is -0.325. The standard InChI is InChI=1S/C17H17Cl2N3O2/c18-12-5-6-14(19)13(10-12)17(24)20-7-8-22-16(23)9-11-3-1-2-4-15(11)21-22/h5-6,9-10H,1-4,7-8H2,(H,20,24). The molecule has 1 heterocycles. The molecule has 1 aliphatic carbocycles. The van der Waals surface area contributed by atoms with E-state index in [0.717, 1.165) is 36.9 Å². The van der Waals surface area contributed by atoms with Crippen molar-refractivity contribution in [2.75, 3.05) is 6.54 Å². The van der Waals surface area contributed by atoms with Gasteiger partial charge in [0.15, 0.2) is 0 Å². The summed E-state index contributed by atoms with van der Waals surface area (Å²) in [6.07, 6.45) is 4.03. The number of rotatable bonds is 4.